The molecule has 10 heavy (non-hydrogen) atoms. The van der Waals surface area contributed by atoms with Crippen LogP contribution in [0.3, 0.4) is 0 Å². The number of nitrogens with two attached hydrogens (primary N) is 1. The molecule has 0 aromatic heterocycles. The van der Waals surface area contributed by atoms with Crippen molar-refractivity contribution in [2.24, 2.45) is 5.73 Å². The monoisotopic (exact) mass is 175 g/mol. The SMILES string of the molecule is NC1=CCC=C(Cl)C=C1Cl. The Balaban J connectivity index is 2.92. The van der Waals surface area contributed by atoms with Crippen molar-refractivity contribution in [1.29, 1.82) is 0 Å². The number of halogens is 2. The molecule has 0 radical (unpaired) electrons. The molecule has 0 spiro atoms. The fraction of sp³-hybridized carbons (Fsp3) is 0.143. The average Bonchev–Trinajstić information content (AvgIpc) is 1.96. The lowest BCUT2D eigenvalue weighted by molar-refractivity contribution is 1.30. The van der Waals surface area contributed by atoms with Crippen LogP contribution in [0.25, 0.3) is 0 Å². The average molecular weight is 176 g/mol. The Labute approximate surface area is 69.8 Å². The van der Waals surface area contributed by atoms with E-state index in [1.807, 2.05) is 12.2 Å². The minimum atomic E-state index is 0.513. The zero-order chi connectivity index (χ0) is 7.56. The molecule has 0 aromatic rings. The van der Waals surface area contributed by atoms with Gasteiger partial charge in [-0.25, -0.2) is 0 Å². The molecule has 0 saturated carbocycles. The molecule has 3 heteroatoms. The summed E-state index contributed by atoms with van der Waals surface area (Å²) in [7, 11) is 0. The maximum atomic E-state index is 5.71. The van der Waals surface area contributed by atoms with E-state index in [1.165, 1.54) is 0 Å². The van der Waals surface area contributed by atoms with Crippen LogP contribution in [0.15, 0.2) is 34.0 Å². The van der Waals surface area contributed by atoms with Gasteiger partial charge in [-0.1, -0.05) is 35.4 Å². The highest BCUT2D eigenvalue weighted by Gasteiger charge is 2.00. The molecule has 0 atom stereocenters. The van der Waals surface area contributed by atoms with Crippen LogP contribution in [0.2, 0.25) is 0 Å². The second-order valence-corrected chi connectivity index (χ2v) is 2.82. The topological polar surface area (TPSA) is 26.0 Å². The summed E-state index contributed by atoms with van der Waals surface area (Å²) >= 11 is 11.4. The van der Waals surface area contributed by atoms with E-state index in [9.17, 15) is 0 Å². The first-order valence-corrected chi connectivity index (χ1v) is 3.64. The highest BCUT2D eigenvalue weighted by Crippen LogP contribution is 2.19. The van der Waals surface area contributed by atoms with Crippen LogP contribution in [0, 0.1) is 0 Å². The minimum absolute atomic E-state index is 0.513. The largest absolute Gasteiger partial charge is 0.398 e. The Bertz CT molecular complexity index is 226. The third-order valence-electron chi connectivity index (χ3n) is 1.19. The van der Waals surface area contributed by atoms with Crippen LogP contribution in [0.5, 0.6) is 0 Å². The minimum Gasteiger partial charge on any atom is -0.398 e. The summed E-state index contributed by atoms with van der Waals surface area (Å²) < 4.78 is 0. The highest BCUT2D eigenvalue weighted by atomic mass is 35.5. The quantitative estimate of drug-likeness (QED) is 0.602. The van der Waals surface area contributed by atoms with Crippen molar-refractivity contribution >= 4 is 23.2 Å². The molecule has 0 saturated heterocycles. The molecule has 2 N–H and O–H groups in total. The van der Waals surface area contributed by atoms with Gasteiger partial charge in [0.2, 0.25) is 0 Å². The van der Waals surface area contributed by atoms with E-state index >= 15 is 0 Å². The van der Waals surface area contributed by atoms with Gasteiger partial charge in [0.15, 0.2) is 0 Å². The molecule has 0 aromatic carbocycles. The fourth-order valence-electron chi connectivity index (χ4n) is 0.659. The Morgan fingerprint density at radius 2 is 2.00 bits per heavy atom. The molecule has 1 aliphatic carbocycles. The zero-order valence-corrected chi connectivity index (χ0v) is 6.78. The van der Waals surface area contributed by atoms with Gasteiger partial charge in [0.1, 0.15) is 0 Å². The van der Waals surface area contributed by atoms with Gasteiger partial charge in [-0.3, -0.25) is 0 Å². The first-order valence-electron chi connectivity index (χ1n) is 2.89. The fourth-order valence-corrected chi connectivity index (χ4v) is 1.11. The lowest BCUT2D eigenvalue weighted by atomic mass is 10.3. The molecule has 1 nitrogen and oxygen atoms in total. The van der Waals surface area contributed by atoms with Crippen molar-refractivity contribution in [2.45, 2.75) is 6.42 Å². The van der Waals surface area contributed by atoms with Gasteiger partial charge in [-0.2, -0.15) is 0 Å². The van der Waals surface area contributed by atoms with E-state index in [0.717, 1.165) is 6.42 Å². The van der Waals surface area contributed by atoms with E-state index < -0.39 is 0 Å². The van der Waals surface area contributed by atoms with Crippen LogP contribution >= 0.6 is 23.2 Å². The summed E-state index contributed by atoms with van der Waals surface area (Å²) in [4.78, 5) is 0. The molecule has 0 aliphatic heterocycles. The standard InChI is InChI=1S/C7H7Cl2N/c8-5-2-1-3-7(10)6(9)4-5/h2-4H,1,10H2. The first kappa shape index (κ1) is 7.70. The Hall–Kier alpha value is -0.400. The van der Waals surface area contributed by atoms with Gasteiger partial charge in [-0.05, 0) is 12.5 Å². The molecule has 1 rings (SSSR count). The maximum Gasteiger partial charge on any atom is 0.0646 e. The van der Waals surface area contributed by atoms with Crippen molar-refractivity contribution < 1.29 is 0 Å². The van der Waals surface area contributed by atoms with Crippen molar-refractivity contribution in [3.63, 3.8) is 0 Å². The van der Waals surface area contributed by atoms with Crippen LogP contribution in [0.1, 0.15) is 6.42 Å². The van der Waals surface area contributed by atoms with Crippen LogP contribution in [-0.2, 0) is 0 Å². The third kappa shape index (κ3) is 1.79. The van der Waals surface area contributed by atoms with Crippen molar-refractivity contribution in [2.75, 3.05) is 0 Å². The predicted octanol–water partition coefficient (Wildman–Crippen LogP) is 2.48. The third-order valence-corrected chi connectivity index (χ3v) is 1.78. The van der Waals surface area contributed by atoms with E-state index in [2.05, 4.69) is 0 Å². The number of hydrogen-bond donors (Lipinski definition) is 1. The van der Waals surface area contributed by atoms with Crippen molar-refractivity contribution in [3.8, 4) is 0 Å². The molecular weight excluding hydrogens is 169 g/mol. The van der Waals surface area contributed by atoms with Crippen molar-refractivity contribution in [1.82, 2.24) is 0 Å². The lowest BCUT2D eigenvalue weighted by Crippen LogP contribution is -1.95. The highest BCUT2D eigenvalue weighted by molar-refractivity contribution is 6.35. The maximum absolute atomic E-state index is 5.71. The van der Waals surface area contributed by atoms with Crippen LogP contribution < -0.4 is 5.73 Å². The Morgan fingerprint density at radius 1 is 1.30 bits per heavy atom. The summed E-state index contributed by atoms with van der Waals surface area (Å²) in [5.41, 5.74) is 6.10. The molecule has 1 aliphatic rings. The van der Waals surface area contributed by atoms with Gasteiger partial charge in [0, 0.05) is 10.7 Å². The van der Waals surface area contributed by atoms with Gasteiger partial charge in [0.05, 0.1) is 5.03 Å². The van der Waals surface area contributed by atoms with E-state index in [0.29, 0.717) is 15.8 Å². The van der Waals surface area contributed by atoms with Crippen molar-refractivity contribution in [3.05, 3.63) is 34.0 Å². The summed E-state index contributed by atoms with van der Waals surface area (Å²) in [5, 5.41) is 1.15. The summed E-state index contributed by atoms with van der Waals surface area (Å²) in [6, 6.07) is 0. The number of rotatable bonds is 0. The van der Waals surface area contributed by atoms with E-state index in [1.54, 1.807) is 6.08 Å². The second kappa shape index (κ2) is 3.13. The van der Waals surface area contributed by atoms with Gasteiger partial charge < -0.3 is 5.73 Å². The normalized spacial score (nSPS) is 18.8. The summed E-state index contributed by atoms with van der Waals surface area (Å²) in [5.74, 6) is 0. The molecule has 0 fully saturated rings. The molecule has 0 bridgehead atoms. The predicted molar refractivity (Wildman–Crippen MR) is 44.8 cm³/mol. The summed E-state index contributed by atoms with van der Waals surface area (Å²) in [6.07, 6.45) is 6.07. The van der Waals surface area contributed by atoms with Gasteiger partial charge >= 0.3 is 0 Å². The first-order chi connectivity index (χ1) is 4.70. The number of allylic oxidation sites excluding steroid dienone is 5. The van der Waals surface area contributed by atoms with Crippen LogP contribution in [0.4, 0.5) is 0 Å². The Morgan fingerprint density at radius 3 is 2.70 bits per heavy atom. The Kier molecular flexibility index (Phi) is 2.41. The van der Waals surface area contributed by atoms with Gasteiger partial charge in [-0.15, -0.1) is 0 Å². The van der Waals surface area contributed by atoms with Gasteiger partial charge in [0.25, 0.3) is 0 Å². The zero-order valence-electron chi connectivity index (χ0n) is 5.27. The van der Waals surface area contributed by atoms with E-state index in [-0.39, 0.29) is 0 Å². The molecule has 54 valence electrons. The van der Waals surface area contributed by atoms with Crippen LogP contribution in [-0.4, -0.2) is 0 Å². The molecule has 0 amide bonds. The van der Waals surface area contributed by atoms with E-state index in [4.69, 9.17) is 28.9 Å². The summed E-state index contributed by atoms with van der Waals surface area (Å²) in [6.45, 7) is 0. The molecule has 0 heterocycles. The number of hydrogen-bond acceptors (Lipinski definition) is 1. The smallest absolute Gasteiger partial charge is 0.0646 e. The second-order valence-electron chi connectivity index (χ2n) is 1.98. The molecule has 0 unspecified atom stereocenters. The molecular formula is C7H7Cl2N. The lowest BCUT2D eigenvalue weighted by Gasteiger charge is -1.93.